The normalized spacial score (nSPS) is 10.2. The lowest BCUT2D eigenvalue weighted by molar-refractivity contribution is -0.402. The van der Waals surface area contributed by atoms with Gasteiger partial charge in [0.2, 0.25) is 0 Å². The third kappa shape index (κ3) is 3.21. The van der Waals surface area contributed by atoms with Crippen molar-refractivity contribution in [2.24, 2.45) is 0 Å². The van der Waals surface area contributed by atoms with Crippen molar-refractivity contribution in [1.82, 2.24) is 0 Å². The molecule has 1 aromatic carbocycles. The Morgan fingerprint density at radius 3 is 2.85 bits per heavy atom. The largest absolute Gasteiger partial charge is 0.433 e. The van der Waals surface area contributed by atoms with Crippen LogP contribution in [0.25, 0.3) is 0 Å². The number of rotatable bonds is 5. The molecule has 1 heterocycles. The fraction of sp³-hybridized carbons (Fsp3) is 0.154. The van der Waals surface area contributed by atoms with Crippen LogP contribution in [0.1, 0.15) is 16.1 Å². The number of methoxy groups -OCH3 is 1. The van der Waals surface area contributed by atoms with E-state index < -0.39 is 16.7 Å². The molecule has 1 amide bonds. The van der Waals surface area contributed by atoms with Crippen molar-refractivity contribution in [3.63, 3.8) is 0 Å². The van der Waals surface area contributed by atoms with Crippen LogP contribution in [0.2, 0.25) is 0 Å². The highest BCUT2D eigenvalue weighted by Crippen LogP contribution is 2.18. The highest BCUT2D eigenvalue weighted by molar-refractivity contribution is 6.02. The minimum absolute atomic E-state index is 0.117. The van der Waals surface area contributed by atoms with Crippen LogP contribution in [0.3, 0.4) is 0 Å². The van der Waals surface area contributed by atoms with E-state index in [0.717, 1.165) is 11.6 Å². The van der Waals surface area contributed by atoms with Gasteiger partial charge in [-0.25, -0.2) is 0 Å². The Labute approximate surface area is 114 Å². The van der Waals surface area contributed by atoms with Gasteiger partial charge in [0.1, 0.15) is 4.92 Å². The number of amides is 1. The molecule has 0 atom stereocenters. The summed E-state index contributed by atoms with van der Waals surface area (Å²) in [6.45, 7) is 0.427. The van der Waals surface area contributed by atoms with Gasteiger partial charge < -0.3 is 14.5 Å². The number of hydrogen-bond donors (Lipinski definition) is 1. The first kappa shape index (κ1) is 13.8. The molecule has 2 aromatic rings. The Morgan fingerprint density at radius 2 is 2.20 bits per heavy atom. The second-order valence-electron chi connectivity index (χ2n) is 3.98. The van der Waals surface area contributed by atoms with E-state index >= 15 is 0 Å². The Balaban J connectivity index is 2.10. The molecule has 2 rings (SSSR count). The molecule has 0 aliphatic rings. The van der Waals surface area contributed by atoms with Crippen LogP contribution in [-0.2, 0) is 11.3 Å². The number of carbonyl (C=O) groups is 1. The minimum atomic E-state index is -0.698. The molecule has 1 aromatic heterocycles. The lowest BCUT2D eigenvalue weighted by Crippen LogP contribution is -2.11. The topological polar surface area (TPSA) is 94.6 Å². The number of nitrogens with zero attached hydrogens (tertiary/aromatic N) is 1. The van der Waals surface area contributed by atoms with Gasteiger partial charge in [-0.2, -0.15) is 0 Å². The first-order valence-electron chi connectivity index (χ1n) is 5.73. The summed E-state index contributed by atoms with van der Waals surface area (Å²) in [5.41, 5.74) is 1.46. The molecule has 0 saturated carbocycles. The van der Waals surface area contributed by atoms with Crippen molar-refractivity contribution < 1.29 is 18.9 Å². The second kappa shape index (κ2) is 5.98. The average molecular weight is 276 g/mol. The Morgan fingerprint density at radius 1 is 1.40 bits per heavy atom. The number of furan rings is 1. The number of benzene rings is 1. The molecular weight excluding hydrogens is 264 g/mol. The van der Waals surface area contributed by atoms with E-state index in [2.05, 4.69) is 5.32 Å². The van der Waals surface area contributed by atoms with Crippen LogP contribution in [0.15, 0.2) is 40.8 Å². The molecule has 0 aliphatic carbocycles. The van der Waals surface area contributed by atoms with Gasteiger partial charge in [0.25, 0.3) is 5.91 Å². The Hall–Kier alpha value is -2.67. The number of carbonyl (C=O) groups excluding carboxylic acids is 1. The van der Waals surface area contributed by atoms with Crippen molar-refractivity contribution in [1.29, 1.82) is 0 Å². The molecule has 0 unspecified atom stereocenters. The molecule has 20 heavy (non-hydrogen) atoms. The van der Waals surface area contributed by atoms with Crippen LogP contribution < -0.4 is 5.32 Å². The Kier molecular flexibility index (Phi) is 4.11. The molecule has 0 bridgehead atoms. The molecule has 0 aliphatic heterocycles. The number of hydrogen-bond acceptors (Lipinski definition) is 5. The summed E-state index contributed by atoms with van der Waals surface area (Å²) in [5, 5.41) is 13.1. The third-order valence-corrected chi connectivity index (χ3v) is 2.49. The van der Waals surface area contributed by atoms with E-state index in [1.165, 1.54) is 6.07 Å². The zero-order valence-corrected chi connectivity index (χ0v) is 10.7. The van der Waals surface area contributed by atoms with Crippen molar-refractivity contribution in [2.75, 3.05) is 12.4 Å². The fourth-order valence-electron chi connectivity index (χ4n) is 1.65. The summed E-state index contributed by atoms with van der Waals surface area (Å²) < 4.78 is 9.82. The molecule has 7 heteroatoms. The lowest BCUT2D eigenvalue weighted by Gasteiger charge is -2.05. The summed E-state index contributed by atoms with van der Waals surface area (Å²) >= 11 is 0. The lowest BCUT2D eigenvalue weighted by atomic mass is 10.2. The predicted molar refractivity (Wildman–Crippen MR) is 70.5 cm³/mol. The summed E-state index contributed by atoms with van der Waals surface area (Å²) in [7, 11) is 1.58. The highest BCUT2D eigenvalue weighted by Gasteiger charge is 2.17. The zero-order valence-electron chi connectivity index (χ0n) is 10.7. The molecule has 7 nitrogen and oxygen atoms in total. The number of ether oxygens (including phenoxy) is 1. The van der Waals surface area contributed by atoms with Crippen LogP contribution in [0.4, 0.5) is 11.6 Å². The van der Waals surface area contributed by atoms with E-state index in [1.807, 2.05) is 6.07 Å². The van der Waals surface area contributed by atoms with E-state index in [4.69, 9.17) is 9.15 Å². The first-order valence-corrected chi connectivity index (χ1v) is 5.73. The first-order chi connectivity index (χ1) is 9.60. The van der Waals surface area contributed by atoms with Crippen molar-refractivity contribution in [2.45, 2.75) is 6.61 Å². The Bertz CT molecular complexity index is 635. The third-order valence-electron chi connectivity index (χ3n) is 2.49. The van der Waals surface area contributed by atoms with Gasteiger partial charge in [0.05, 0.1) is 12.7 Å². The summed E-state index contributed by atoms with van der Waals surface area (Å²) in [5.74, 6) is -1.13. The smallest absolute Gasteiger partial charge is 0.395 e. The quantitative estimate of drug-likeness (QED) is 0.669. The molecule has 0 saturated heterocycles. The van der Waals surface area contributed by atoms with Gasteiger partial charge in [-0.1, -0.05) is 12.1 Å². The molecular formula is C13H12N2O5. The zero-order chi connectivity index (χ0) is 14.5. The molecule has 1 N–H and O–H groups in total. The number of anilines is 1. The minimum Gasteiger partial charge on any atom is -0.395 e. The van der Waals surface area contributed by atoms with E-state index in [1.54, 1.807) is 25.3 Å². The van der Waals surface area contributed by atoms with Gasteiger partial charge in [-0.3, -0.25) is 14.9 Å². The van der Waals surface area contributed by atoms with Gasteiger partial charge in [0.15, 0.2) is 5.76 Å². The van der Waals surface area contributed by atoms with Crippen LogP contribution >= 0.6 is 0 Å². The van der Waals surface area contributed by atoms with Gasteiger partial charge in [0, 0.05) is 12.8 Å². The SMILES string of the molecule is COCc1cccc(NC(=O)c2ccc([N+](=O)[O-])o2)c1. The van der Waals surface area contributed by atoms with E-state index in [-0.39, 0.29) is 5.76 Å². The molecule has 0 fully saturated rings. The van der Waals surface area contributed by atoms with E-state index in [0.29, 0.717) is 12.3 Å². The van der Waals surface area contributed by atoms with Crippen molar-refractivity contribution >= 4 is 17.5 Å². The summed E-state index contributed by atoms with van der Waals surface area (Å²) in [6, 6.07) is 9.47. The second-order valence-corrected chi connectivity index (χ2v) is 3.98. The number of nitrogens with one attached hydrogen (secondary N) is 1. The fourth-order valence-corrected chi connectivity index (χ4v) is 1.65. The highest BCUT2D eigenvalue weighted by atomic mass is 16.6. The molecule has 104 valence electrons. The maximum atomic E-state index is 11.9. The van der Waals surface area contributed by atoms with Crippen molar-refractivity contribution in [3.8, 4) is 0 Å². The molecule has 0 radical (unpaired) electrons. The predicted octanol–water partition coefficient (Wildman–Crippen LogP) is 2.59. The summed E-state index contributed by atoms with van der Waals surface area (Å²) in [4.78, 5) is 21.6. The van der Waals surface area contributed by atoms with E-state index in [9.17, 15) is 14.9 Å². The standard InChI is InChI=1S/C13H12N2O5/c1-19-8-9-3-2-4-10(7-9)14-13(16)11-5-6-12(20-11)15(17)18/h2-7H,8H2,1H3,(H,14,16). The average Bonchev–Trinajstić information content (AvgIpc) is 2.89. The van der Waals surface area contributed by atoms with Gasteiger partial charge >= 0.3 is 5.88 Å². The van der Waals surface area contributed by atoms with Crippen LogP contribution in [-0.4, -0.2) is 17.9 Å². The van der Waals surface area contributed by atoms with Crippen LogP contribution in [0.5, 0.6) is 0 Å². The molecule has 0 spiro atoms. The monoisotopic (exact) mass is 276 g/mol. The summed E-state index contributed by atoms with van der Waals surface area (Å²) in [6.07, 6.45) is 0. The van der Waals surface area contributed by atoms with Gasteiger partial charge in [-0.05, 0) is 23.8 Å². The van der Waals surface area contributed by atoms with Gasteiger partial charge in [-0.15, -0.1) is 0 Å². The maximum absolute atomic E-state index is 11.9. The van der Waals surface area contributed by atoms with Crippen LogP contribution in [0, 0.1) is 10.1 Å². The van der Waals surface area contributed by atoms with Crippen molar-refractivity contribution in [3.05, 3.63) is 57.8 Å². The number of nitro groups is 1. The maximum Gasteiger partial charge on any atom is 0.433 e.